The molecule has 0 aliphatic heterocycles. The average Bonchev–Trinajstić information content (AvgIpc) is 2.81. The van der Waals surface area contributed by atoms with Crippen molar-refractivity contribution in [1.82, 2.24) is 0 Å². The zero-order valence-corrected chi connectivity index (χ0v) is 13.5. The molecule has 0 radical (unpaired) electrons. The van der Waals surface area contributed by atoms with Gasteiger partial charge in [-0.05, 0) is 40.8 Å². The maximum atomic E-state index is 5.70. The van der Waals surface area contributed by atoms with Crippen molar-refractivity contribution < 1.29 is 4.74 Å². The van der Waals surface area contributed by atoms with E-state index in [1.807, 2.05) is 12.1 Å². The van der Waals surface area contributed by atoms with Gasteiger partial charge in [-0.15, -0.1) is 0 Å². The monoisotopic (exact) mass is 302 g/mol. The predicted octanol–water partition coefficient (Wildman–Crippen LogP) is 6.14. The van der Waals surface area contributed by atoms with E-state index in [1.54, 1.807) is 0 Å². The van der Waals surface area contributed by atoms with Crippen LogP contribution in [0.5, 0.6) is 5.75 Å². The van der Waals surface area contributed by atoms with Gasteiger partial charge < -0.3 is 4.74 Å². The standard InChI is InChI=1S/C22H22O/c1-2-3-17-23-21-15-10-18(11-16-21)9-12-20-14-13-19-7-5-4-6-8-22(19)20/h4-16H,2-3,17H2,1H3. The molecule has 1 heteroatoms. The second-order valence-electron chi connectivity index (χ2n) is 5.67. The fraction of sp³-hybridized carbons (Fsp3) is 0.182. The third kappa shape index (κ3) is 4.01. The minimum atomic E-state index is 0.794. The van der Waals surface area contributed by atoms with E-state index in [4.69, 9.17) is 4.74 Å². The summed E-state index contributed by atoms with van der Waals surface area (Å²) in [5, 5.41) is 0. The highest BCUT2D eigenvalue weighted by molar-refractivity contribution is 5.83. The molecule has 0 bridgehead atoms. The van der Waals surface area contributed by atoms with Gasteiger partial charge in [0, 0.05) is 0 Å². The summed E-state index contributed by atoms with van der Waals surface area (Å²) in [5.41, 5.74) is 4.99. The van der Waals surface area contributed by atoms with Crippen molar-refractivity contribution in [2.24, 2.45) is 0 Å². The van der Waals surface area contributed by atoms with Crippen LogP contribution in [0.1, 0.15) is 30.9 Å². The van der Waals surface area contributed by atoms with Crippen LogP contribution in [0.4, 0.5) is 0 Å². The zero-order chi connectivity index (χ0) is 15.9. The molecular formula is C22H22O. The van der Waals surface area contributed by atoms with Crippen molar-refractivity contribution in [2.45, 2.75) is 19.8 Å². The molecule has 0 saturated heterocycles. The Hall–Kier alpha value is -2.54. The molecule has 0 heterocycles. The van der Waals surface area contributed by atoms with Gasteiger partial charge in [-0.2, -0.15) is 0 Å². The number of rotatable bonds is 6. The predicted molar refractivity (Wildman–Crippen MR) is 98.8 cm³/mol. The quantitative estimate of drug-likeness (QED) is 0.497. The summed E-state index contributed by atoms with van der Waals surface area (Å²) in [4.78, 5) is 0. The van der Waals surface area contributed by atoms with Gasteiger partial charge in [-0.3, -0.25) is 0 Å². The van der Waals surface area contributed by atoms with E-state index in [-0.39, 0.29) is 0 Å². The van der Waals surface area contributed by atoms with Gasteiger partial charge >= 0.3 is 0 Å². The van der Waals surface area contributed by atoms with Gasteiger partial charge in [0.2, 0.25) is 0 Å². The van der Waals surface area contributed by atoms with Crippen LogP contribution in [0.2, 0.25) is 0 Å². The van der Waals surface area contributed by atoms with Gasteiger partial charge in [-0.25, -0.2) is 0 Å². The van der Waals surface area contributed by atoms with E-state index < -0.39 is 0 Å². The lowest BCUT2D eigenvalue weighted by atomic mass is 10.1. The third-order valence-electron chi connectivity index (χ3n) is 3.93. The van der Waals surface area contributed by atoms with Crippen LogP contribution in [0.25, 0.3) is 23.3 Å². The Kier molecular flexibility index (Phi) is 5.10. The Morgan fingerprint density at radius 2 is 1.65 bits per heavy atom. The maximum absolute atomic E-state index is 5.70. The summed E-state index contributed by atoms with van der Waals surface area (Å²) < 4.78 is 5.70. The second-order valence-corrected chi connectivity index (χ2v) is 5.67. The molecule has 2 aliphatic carbocycles. The summed E-state index contributed by atoms with van der Waals surface area (Å²) in [6.07, 6.45) is 6.59. The number of ether oxygens (including phenoxy) is 1. The number of unbranched alkanes of at least 4 members (excludes halogenated alkanes) is 1. The molecule has 1 aromatic carbocycles. The summed E-state index contributed by atoms with van der Waals surface area (Å²) in [6, 6.07) is 23.2. The molecule has 0 saturated carbocycles. The first kappa shape index (κ1) is 15.4. The van der Waals surface area contributed by atoms with Crippen LogP contribution in [0.3, 0.4) is 0 Å². The molecule has 1 aromatic rings. The molecule has 3 rings (SSSR count). The molecule has 2 aliphatic rings. The first-order valence-corrected chi connectivity index (χ1v) is 8.25. The van der Waals surface area contributed by atoms with E-state index in [0.717, 1.165) is 25.2 Å². The molecular weight excluding hydrogens is 280 g/mol. The molecule has 0 unspecified atom stereocenters. The van der Waals surface area contributed by atoms with Crippen LogP contribution < -0.4 is 4.74 Å². The van der Waals surface area contributed by atoms with E-state index in [1.165, 1.54) is 22.3 Å². The Balaban J connectivity index is 1.70. The van der Waals surface area contributed by atoms with Crippen molar-refractivity contribution in [3.63, 3.8) is 0 Å². The molecule has 116 valence electrons. The molecule has 23 heavy (non-hydrogen) atoms. The van der Waals surface area contributed by atoms with E-state index in [0.29, 0.717) is 0 Å². The Morgan fingerprint density at radius 3 is 2.48 bits per heavy atom. The summed E-state index contributed by atoms with van der Waals surface area (Å²) in [5.74, 6) is 0.946. The van der Waals surface area contributed by atoms with Crippen molar-refractivity contribution in [1.29, 1.82) is 0 Å². The highest BCUT2D eigenvalue weighted by Crippen LogP contribution is 2.28. The summed E-state index contributed by atoms with van der Waals surface area (Å²) in [7, 11) is 0. The molecule has 0 spiro atoms. The smallest absolute Gasteiger partial charge is 0.119 e. The highest BCUT2D eigenvalue weighted by Gasteiger charge is 2.04. The van der Waals surface area contributed by atoms with Crippen molar-refractivity contribution in [2.75, 3.05) is 6.61 Å². The molecule has 0 aromatic heterocycles. The lowest BCUT2D eigenvalue weighted by Crippen LogP contribution is -1.95. The van der Waals surface area contributed by atoms with Crippen LogP contribution in [-0.2, 0) is 0 Å². The maximum Gasteiger partial charge on any atom is 0.119 e. The largest absolute Gasteiger partial charge is 0.494 e. The number of hydrogen-bond acceptors (Lipinski definition) is 1. The van der Waals surface area contributed by atoms with E-state index in [9.17, 15) is 0 Å². The third-order valence-corrected chi connectivity index (χ3v) is 3.93. The molecule has 0 N–H and O–H groups in total. The molecule has 0 atom stereocenters. The van der Waals surface area contributed by atoms with Crippen LogP contribution in [-0.4, -0.2) is 6.61 Å². The molecule has 0 amide bonds. The first-order valence-electron chi connectivity index (χ1n) is 8.25. The van der Waals surface area contributed by atoms with Gasteiger partial charge in [0.05, 0.1) is 6.61 Å². The van der Waals surface area contributed by atoms with Gasteiger partial charge in [0.1, 0.15) is 5.75 Å². The summed E-state index contributed by atoms with van der Waals surface area (Å²) >= 11 is 0. The lowest BCUT2D eigenvalue weighted by Gasteiger charge is -2.05. The topological polar surface area (TPSA) is 9.23 Å². The first-order chi connectivity index (χ1) is 11.4. The Bertz CT molecular complexity index is 740. The van der Waals surface area contributed by atoms with Crippen molar-refractivity contribution >= 4 is 12.2 Å². The fourth-order valence-electron chi connectivity index (χ4n) is 2.58. The minimum Gasteiger partial charge on any atom is -0.494 e. The number of benzene rings is 1. The van der Waals surface area contributed by atoms with Crippen LogP contribution in [0.15, 0.2) is 66.7 Å². The SMILES string of the molecule is CCCCOc1ccc(C=Cc2ccc3cccccc2-3)cc1. The second kappa shape index (κ2) is 7.64. The van der Waals surface area contributed by atoms with Crippen LogP contribution >= 0.6 is 0 Å². The Morgan fingerprint density at radius 1 is 0.826 bits per heavy atom. The Labute approximate surface area is 138 Å². The van der Waals surface area contributed by atoms with Gasteiger partial charge in [-0.1, -0.05) is 80.1 Å². The molecule has 0 fully saturated rings. The van der Waals surface area contributed by atoms with Crippen molar-refractivity contribution in [3.8, 4) is 16.9 Å². The number of hydrogen-bond donors (Lipinski definition) is 0. The minimum absolute atomic E-state index is 0.794. The van der Waals surface area contributed by atoms with E-state index >= 15 is 0 Å². The average molecular weight is 302 g/mol. The molecule has 1 nitrogen and oxygen atoms in total. The van der Waals surface area contributed by atoms with E-state index in [2.05, 4.69) is 73.7 Å². The van der Waals surface area contributed by atoms with Gasteiger partial charge in [0.15, 0.2) is 0 Å². The normalized spacial score (nSPS) is 11.2. The van der Waals surface area contributed by atoms with Gasteiger partial charge in [0.25, 0.3) is 0 Å². The van der Waals surface area contributed by atoms with Crippen molar-refractivity contribution in [3.05, 3.63) is 77.9 Å². The fourth-order valence-corrected chi connectivity index (χ4v) is 2.58. The number of fused-ring (bicyclic) bond motifs is 1. The summed E-state index contributed by atoms with van der Waals surface area (Å²) in [6.45, 7) is 2.97. The highest BCUT2D eigenvalue weighted by atomic mass is 16.5. The zero-order valence-electron chi connectivity index (χ0n) is 13.5. The lowest BCUT2D eigenvalue weighted by molar-refractivity contribution is 0.309. The van der Waals surface area contributed by atoms with Crippen LogP contribution in [0, 0.1) is 0 Å².